The number of fused-ring (bicyclic) bond motifs is 1. The van der Waals surface area contributed by atoms with Crippen LogP contribution in [0.2, 0.25) is 0 Å². The standard InChI is InChI=1S/C12H15ClN2/c13-12(7-1-2-7)8-3-4-11-9(5-8)10(14)6-15-11/h3-5,7,10,12,15H,1-2,6,14H2/t10-,12+/m1/s1. The van der Waals surface area contributed by atoms with Gasteiger partial charge in [0.15, 0.2) is 0 Å². The van der Waals surface area contributed by atoms with Crippen molar-refractivity contribution in [2.24, 2.45) is 11.7 Å². The molecule has 1 aliphatic carbocycles. The number of nitrogens with two attached hydrogens (primary N) is 1. The van der Waals surface area contributed by atoms with Crippen LogP contribution in [-0.4, -0.2) is 6.54 Å². The second kappa shape index (κ2) is 3.39. The molecule has 2 atom stereocenters. The fraction of sp³-hybridized carbons (Fsp3) is 0.500. The van der Waals surface area contributed by atoms with Crippen LogP contribution >= 0.6 is 11.6 Å². The molecule has 3 rings (SSSR count). The van der Waals surface area contributed by atoms with Crippen LogP contribution in [0.25, 0.3) is 0 Å². The predicted molar refractivity (Wildman–Crippen MR) is 63.2 cm³/mol. The monoisotopic (exact) mass is 222 g/mol. The molecule has 0 amide bonds. The van der Waals surface area contributed by atoms with Crippen molar-refractivity contribution in [2.75, 3.05) is 11.9 Å². The fourth-order valence-electron chi connectivity index (χ4n) is 2.21. The molecule has 3 N–H and O–H groups in total. The van der Waals surface area contributed by atoms with Crippen LogP contribution in [0.3, 0.4) is 0 Å². The van der Waals surface area contributed by atoms with Crippen molar-refractivity contribution in [1.82, 2.24) is 0 Å². The highest BCUT2D eigenvalue weighted by molar-refractivity contribution is 6.21. The highest BCUT2D eigenvalue weighted by atomic mass is 35.5. The van der Waals surface area contributed by atoms with E-state index in [2.05, 4.69) is 23.5 Å². The smallest absolute Gasteiger partial charge is 0.0613 e. The first-order chi connectivity index (χ1) is 7.25. The highest BCUT2D eigenvalue weighted by Crippen LogP contribution is 2.46. The van der Waals surface area contributed by atoms with E-state index in [-0.39, 0.29) is 11.4 Å². The number of hydrogen-bond acceptors (Lipinski definition) is 2. The van der Waals surface area contributed by atoms with Gasteiger partial charge >= 0.3 is 0 Å². The first-order valence-electron chi connectivity index (χ1n) is 5.53. The number of rotatable bonds is 2. The maximum absolute atomic E-state index is 6.39. The molecule has 2 nitrogen and oxygen atoms in total. The summed E-state index contributed by atoms with van der Waals surface area (Å²) in [5.74, 6) is 0.690. The van der Waals surface area contributed by atoms with Gasteiger partial charge in [-0.15, -0.1) is 11.6 Å². The molecule has 3 heteroatoms. The Hall–Kier alpha value is -0.730. The molecule has 80 valence electrons. The molecule has 15 heavy (non-hydrogen) atoms. The molecule has 0 radical (unpaired) electrons. The van der Waals surface area contributed by atoms with Crippen molar-refractivity contribution >= 4 is 17.3 Å². The molecule has 1 aromatic rings. The number of benzene rings is 1. The summed E-state index contributed by atoms with van der Waals surface area (Å²) in [5, 5.41) is 3.48. The van der Waals surface area contributed by atoms with E-state index in [0.29, 0.717) is 5.92 Å². The molecular formula is C12H15ClN2. The molecule has 0 unspecified atom stereocenters. The maximum atomic E-state index is 6.39. The van der Waals surface area contributed by atoms with Gasteiger partial charge in [-0.2, -0.15) is 0 Å². The summed E-state index contributed by atoms with van der Waals surface area (Å²) in [4.78, 5) is 0. The normalized spacial score (nSPS) is 25.9. The van der Waals surface area contributed by atoms with Gasteiger partial charge in [-0.05, 0) is 36.0 Å². The quantitative estimate of drug-likeness (QED) is 0.756. The Kier molecular flexibility index (Phi) is 2.15. The van der Waals surface area contributed by atoms with E-state index in [1.165, 1.54) is 29.7 Å². The Bertz CT molecular complexity index is 387. The lowest BCUT2D eigenvalue weighted by molar-refractivity contribution is 0.782. The molecule has 1 aliphatic heterocycles. The molecule has 0 aromatic heterocycles. The number of halogens is 1. The van der Waals surface area contributed by atoms with Crippen LogP contribution in [0.4, 0.5) is 5.69 Å². The van der Waals surface area contributed by atoms with Crippen LogP contribution < -0.4 is 11.1 Å². The minimum absolute atomic E-state index is 0.128. The van der Waals surface area contributed by atoms with Crippen molar-refractivity contribution in [3.05, 3.63) is 29.3 Å². The topological polar surface area (TPSA) is 38.0 Å². The molecule has 0 bridgehead atoms. The van der Waals surface area contributed by atoms with Gasteiger partial charge in [0.25, 0.3) is 0 Å². The average Bonchev–Trinajstić information content (AvgIpc) is 3.04. The minimum Gasteiger partial charge on any atom is -0.383 e. The van der Waals surface area contributed by atoms with E-state index < -0.39 is 0 Å². The van der Waals surface area contributed by atoms with Crippen LogP contribution in [-0.2, 0) is 0 Å². The number of hydrogen-bond donors (Lipinski definition) is 2. The Balaban J connectivity index is 1.93. The average molecular weight is 223 g/mol. The first-order valence-corrected chi connectivity index (χ1v) is 5.97. The van der Waals surface area contributed by atoms with Gasteiger partial charge in [0.2, 0.25) is 0 Å². The number of alkyl halides is 1. The Morgan fingerprint density at radius 2 is 2.20 bits per heavy atom. The van der Waals surface area contributed by atoms with Crippen molar-refractivity contribution < 1.29 is 0 Å². The van der Waals surface area contributed by atoms with E-state index in [1.54, 1.807) is 0 Å². The third-order valence-electron chi connectivity index (χ3n) is 3.34. The second-order valence-electron chi connectivity index (χ2n) is 4.57. The minimum atomic E-state index is 0.128. The van der Waals surface area contributed by atoms with Crippen molar-refractivity contribution in [2.45, 2.75) is 24.3 Å². The number of anilines is 1. The van der Waals surface area contributed by atoms with Gasteiger partial charge in [0.1, 0.15) is 0 Å². The van der Waals surface area contributed by atoms with Gasteiger partial charge in [0.05, 0.1) is 5.38 Å². The van der Waals surface area contributed by atoms with Crippen LogP contribution in [0, 0.1) is 5.92 Å². The summed E-state index contributed by atoms with van der Waals surface area (Å²) >= 11 is 6.39. The zero-order valence-electron chi connectivity index (χ0n) is 8.54. The predicted octanol–water partition coefficient (Wildman–Crippen LogP) is 2.80. The molecule has 2 aliphatic rings. The molecule has 0 spiro atoms. The summed E-state index contributed by atoms with van der Waals surface area (Å²) in [6.07, 6.45) is 2.55. The van der Waals surface area contributed by atoms with Crippen LogP contribution in [0.15, 0.2) is 18.2 Å². The van der Waals surface area contributed by atoms with Gasteiger partial charge in [-0.1, -0.05) is 12.1 Å². The zero-order valence-corrected chi connectivity index (χ0v) is 9.30. The lowest BCUT2D eigenvalue weighted by atomic mass is 10.0. The van der Waals surface area contributed by atoms with E-state index in [0.717, 1.165) is 6.54 Å². The van der Waals surface area contributed by atoms with E-state index in [1.807, 2.05) is 0 Å². The van der Waals surface area contributed by atoms with Crippen LogP contribution in [0.1, 0.15) is 35.4 Å². The molecule has 1 saturated carbocycles. The van der Waals surface area contributed by atoms with Crippen molar-refractivity contribution in [3.63, 3.8) is 0 Å². The molecular weight excluding hydrogens is 208 g/mol. The third-order valence-corrected chi connectivity index (χ3v) is 3.95. The summed E-state index contributed by atoms with van der Waals surface area (Å²) < 4.78 is 0. The van der Waals surface area contributed by atoms with Crippen LogP contribution in [0.5, 0.6) is 0 Å². The Morgan fingerprint density at radius 3 is 2.93 bits per heavy atom. The summed E-state index contributed by atoms with van der Waals surface area (Å²) in [6, 6.07) is 6.54. The largest absolute Gasteiger partial charge is 0.383 e. The third kappa shape index (κ3) is 1.62. The highest BCUT2D eigenvalue weighted by Gasteiger charge is 2.31. The Morgan fingerprint density at radius 1 is 1.40 bits per heavy atom. The van der Waals surface area contributed by atoms with Gasteiger partial charge in [-0.25, -0.2) is 0 Å². The fourth-order valence-corrected chi connectivity index (χ4v) is 2.60. The molecule has 1 fully saturated rings. The van der Waals surface area contributed by atoms with Gasteiger partial charge in [-0.3, -0.25) is 0 Å². The summed E-state index contributed by atoms with van der Waals surface area (Å²) in [7, 11) is 0. The van der Waals surface area contributed by atoms with E-state index in [4.69, 9.17) is 17.3 Å². The van der Waals surface area contributed by atoms with E-state index in [9.17, 15) is 0 Å². The number of nitrogens with one attached hydrogen (secondary N) is 1. The SMILES string of the molecule is N[C@@H]1CNc2ccc([C@@H](Cl)C3CC3)cc21. The summed E-state index contributed by atoms with van der Waals surface area (Å²) in [5.41, 5.74) is 9.63. The lowest BCUT2D eigenvalue weighted by Crippen LogP contribution is -2.11. The molecule has 1 heterocycles. The van der Waals surface area contributed by atoms with Gasteiger partial charge < -0.3 is 11.1 Å². The first kappa shape index (κ1) is 9.49. The maximum Gasteiger partial charge on any atom is 0.0613 e. The second-order valence-corrected chi connectivity index (χ2v) is 5.04. The van der Waals surface area contributed by atoms with E-state index >= 15 is 0 Å². The molecule has 1 aromatic carbocycles. The van der Waals surface area contributed by atoms with Crippen molar-refractivity contribution in [1.29, 1.82) is 0 Å². The zero-order chi connectivity index (χ0) is 10.4. The Labute approximate surface area is 94.8 Å². The summed E-state index contributed by atoms with van der Waals surface area (Å²) in [6.45, 7) is 0.842. The van der Waals surface area contributed by atoms with Gasteiger partial charge in [0, 0.05) is 18.3 Å². The lowest BCUT2D eigenvalue weighted by Gasteiger charge is -2.11. The van der Waals surface area contributed by atoms with Crippen molar-refractivity contribution in [3.8, 4) is 0 Å². The molecule has 0 saturated heterocycles.